The lowest BCUT2D eigenvalue weighted by Crippen LogP contribution is -2.48. The lowest BCUT2D eigenvalue weighted by atomic mass is 9.74. The number of nitrogens with one attached hydrogen (secondary N) is 1. The van der Waals surface area contributed by atoms with Gasteiger partial charge in [0.25, 0.3) is 15.9 Å². The summed E-state index contributed by atoms with van der Waals surface area (Å²) in [6.07, 6.45) is 0.305. The molecule has 192 valence electrons. The second kappa shape index (κ2) is 9.87. The molecule has 0 spiro atoms. The summed E-state index contributed by atoms with van der Waals surface area (Å²) >= 11 is 12.0. The van der Waals surface area contributed by atoms with Crippen LogP contribution in [0, 0.1) is 11.3 Å². The molecule has 1 aromatic carbocycles. The highest BCUT2D eigenvalue weighted by atomic mass is 35.5. The van der Waals surface area contributed by atoms with Crippen LogP contribution in [0.3, 0.4) is 0 Å². The van der Waals surface area contributed by atoms with Crippen molar-refractivity contribution in [1.29, 1.82) is 0 Å². The Hall–Kier alpha value is -1.89. The van der Waals surface area contributed by atoms with Gasteiger partial charge >= 0.3 is 6.18 Å². The number of carbonyl (C=O) groups excluding carboxylic acids is 1. The zero-order valence-corrected chi connectivity index (χ0v) is 20.9. The minimum atomic E-state index is -4.54. The van der Waals surface area contributed by atoms with Crippen molar-refractivity contribution in [3.05, 3.63) is 40.0 Å². The molecule has 14 heteroatoms. The molecule has 35 heavy (non-hydrogen) atoms. The summed E-state index contributed by atoms with van der Waals surface area (Å²) in [6.45, 7) is -0.730. The molecule has 2 aromatic rings. The molecule has 2 heterocycles. The second-order valence-corrected chi connectivity index (χ2v) is 12.0. The molecule has 0 radical (unpaired) electrons. The Labute approximate surface area is 210 Å². The molecule has 1 amide bonds. The molecule has 2 aliphatic rings. The first kappa shape index (κ1) is 26.2. The molecule has 0 unspecified atom stereocenters. The smallest absolute Gasteiger partial charge is 0.351 e. The van der Waals surface area contributed by atoms with E-state index in [-0.39, 0.29) is 29.4 Å². The van der Waals surface area contributed by atoms with Crippen molar-refractivity contribution < 1.29 is 26.4 Å². The van der Waals surface area contributed by atoms with Crippen LogP contribution in [-0.2, 0) is 16.6 Å². The molecule has 2 fully saturated rings. The Morgan fingerprint density at radius 2 is 1.89 bits per heavy atom. The first-order valence-corrected chi connectivity index (χ1v) is 13.3. The number of halogens is 5. The highest BCUT2D eigenvalue weighted by Gasteiger charge is 2.43. The molecule has 1 N–H and O–H groups in total. The first-order valence-electron chi connectivity index (χ1n) is 11.1. The molecule has 4 rings (SSSR count). The number of nitrogens with zero attached hydrogens (tertiary/aromatic N) is 4. The number of hydrogen-bond donors (Lipinski definition) is 1. The topological polar surface area (TPSA) is 97.2 Å². The lowest BCUT2D eigenvalue weighted by Gasteiger charge is -2.41. The van der Waals surface area contributed by atoms with Gasteiger partial charge in [0.15, 0.2) is 0 Å². The molecule has 8 nitrogen and oxygen atoms in total. The molecule has 1 aliphatic carbocycles. The Morgan fingerprint density at radius 3 is 2.49 bits per heavy atom. The molecule has 0 atom stereocenters. The van der Waals surface area contributed by atoms with Crippen LogP contribution in [-0.4, -0.2) is 59.4 Å². The number of piperidine rings is 1. The fourth-order valence-corrected chi connectivity index (χ4v) is 6.23. The minimum Gasteiger partial charge on any atom is -0.351 e. The van der Waals surface area contributed by atoms with Gasteiger partial charge in [0, 0.05) is 24.7 Å². The highest BCUT2D eigenvalue weighted by molar-refractivity contribution is 7.89. The van der Waals surface area contributed by atoms with Crippen molar-refractivity contribution >= 4 is 39.1 Å². The van der Waals surface area contributed by atoms with Crippen LogP contribution in [0.2, 0.25) is 10.0 Å². The molecule has 1 aliphatic heterocycles. The lowest BCUT2D eigenvalue weighted by molar-refractivity contribution is -0.142. The van der Waals surface area contributed by atoms with E-state index in [0.29, 0.717) is 40.6 Å². The van der Waals surface area contributed by atoms with Crippen molar-refractivity contribution in [3.63, 3.8) is 0 Å². The maximum Gasteiger partial charge on any atom is 0.408 e. The standard InChI is InChI=1S/C21H24Cl2F3N5O3S/c22-15-3-4-16(17(23)9-15)19(32)27-12-20(10-14-1-2-14)5-7-31(8-6-20)35(33,34)18-11-30(29-28-18)13-21(24,25)26/h3-4,9,11,14H,1-2,5-8,10,12-13H2,(H,27,32). The number of sulfonamides is 1. The number of alkyl halides is 3. The van der Waals surface area contributed by atoms with Gasteiger partial charge in [0.2, 0.25) is 5.03 Å². The fraction of sp³-hybridized carbons (Fsp3) is 0.571. The minimum absolute atomic E-state index is 0.165. The molecule has 1 aromatic heterocycles. The van der Waals surface area contributed by atoms with Crippen molar-refractivity contribution in [3.8, 4) is 0 Å². The van der Waals surface area contributed by atoms with Crippen LogP contribution in [0.25, 0.3) is 0 Å². The summed E-state index contributed by atoms with van der Waals surface area (Å²) in [7, 11) is -4.09. The number of carbonyl (C=O) groups is 1. The first-order chi connectivity index (χ1) is 16.4. The third-order valence-electron chi connectivity index (χ3n) is 6.46. The average molecular weight is 554 g/mol. The van der Waals surface area contributed by atoms with E-state index in [0.717, 1.165) is 25.5 Å². The molecular weight excluding hydrogens is 530 g/mol. The van der Waals surface area contributed by atoms with E-state index in [1.54, 1.807) is 12.1 Å². The van der Waals surface area contributed by atoms with E-state index >= 15 is 0 Å². The van der Waals surface area contributed by atoms with Gasteiger partial charge in [0.1, 0.15) is 6.54 Å². The van der Waals surface area contributed by atoms with Gasteiger partial charge in [-0.25, -0.2) is 13.1 Å². The van der Waals surface area contributed by atoms with Gasteiger partial charge in [-0.05, 0) is 48.8 Å². The third-order valence-corrected chi connectivity index (χ3v) is 8.77. The Morgan fingerprint density at radius 1 is 1.20 bits per heavy atom. The van der Waals surface area contributed by atoms with Crippen molar-refractivity contribution in [1.82, 2.24) is 24.6 Å². The van der Waals surface area contributed by atoms with E-state index in [1.807, 2.05) is 0 Å². The van der Waals surface area contributed by atoms with Crippen molar-refractivity contribution in [2.24, 2.45) is 11.3 Å². The molecular formula is C21H24Cl2F3N5O3S. The number of benzene rings is 1. The molecule has 0 bridgehead atoms. The molecule has 1 saturated carbocycles. The monoisotopic (exact) mass is 553 g/mol. The summed E-state index contributed by atoms with van der Waals surface area (Å²) in [6, 6.07) is 4.62. The Bertz CT molecular complexity index is 1190. The van der Waals surface area contributed by atoms with E-state index in [9.17, 15) is 26.4 Å². The maximum atomic E-state index is 13.0. The van der Waals surface area contributed by atoms with Crippen LogP contribution in [0.1, 0.15) is 42.5 Å². The van der Waals surface area contributed by atoms with E-state index in [4.69, 9.17) is 23.2 Å². The zero-order valence-electron chi connectivity index (χ0n) is 18.6. The highest BCUT2D eigenvalue weighted by Crippen LogP contribution is 2.46. The fourth-order valence-electron chi connectivity index (χ4n) is 4.42. The van der Waals surface area contributed by atoms with Crippen molar-refractivity contribution in [2.75, 3.05) is 19.6 Å². The van der Waals surface area contributed by atoms with Crippen molar-refractivity contribution in [2.45, 2.75) is 49.9 Å². The van der Waals surface area contributed by atoms with E-state index < -0.39 is 27.8 Å². The van der Waals surface area contributed by atoms with Crippen LogP contribution in [0.5, 0.6) is 0 Å². The second-order valence-electron chi connectivity index (χ2n) is 9.23. The molecule has 1 saturated heterocycles. The normalized spacial score (nSPS) is 19.0. The predicted molar refractivity (Wildman–Crippen MR) is 123 cm³/mol. The SMILES string of the molecule is O=C(NCC1(CC2CC2)CCN(S(=O)(=O)c2cn(CC(F)(F)F)nn2)CC1)c1ccc(Cl)cc1Cl. The van der Waals surface area contributed by atoms with Gasteiger partial charge < -0.3 is 5.32 Å². The van der Waals surface area contributed by atoms with Crippen LogP contribution >= 0.6 is 23.2 Å². The van der Waals surface area contributed by atoms with Gasteiger partial charge in [-0.2, -0.15) is 17.5 Å². The zero-order chi connectivity index (χ0) is 25.4. The average Bonchev–Trinajstić information content (AvgIpc) is 3.45. The van der Waals surface area contributed by atoms with Gasteiger partial charge in [-0.3, -0.25) is 4.79 Å². The van der Waals surface area contributed by atoms with Crippen LogP contribution < -0.4 is 5.32 Å². The number of hydrogen-bond acceptors (Lipinski definition) is 5. The predicted octanol–water partition coefficient (Wildman–Crippen LogP) is 4.15. The largest absolute Gasteiger partial charge is 0.408 e. The summed E-state index contributed by atoms with van der Waals surface area (Å²) in [4.78, 5) is 12.7. The van der Waals surface area contributed by atoms with Gasteiger partial charge in [-0.1, -0.05) is 41.3 Å². The summed E-state index contributed by atoms with van der Waals surface area (Å²) < 4.78 is 65.4. The number of amides is 1. The third kappa shape index (κ3) is 6.46. The summed E-state index contributed by atoms with van der Waals surface area (Å²) in [5.41, 5.74) is 0.00919. The van der Waals surface area contributed by atoms with Gasteiger partial charge in [-0.15, -0.1) is 5.10 Å². The van der Waals surface area contributed by atoms with E-state index in [1.165, 1.54) is 10.4 Å². The maximum absolute atomic E-state index is 13.0. The Kier molecular flexibility index (Phi) is 7.38. The Balaban J connectivity index is 1.42. The number of aromatic nitrogens is 3. The van der Waals surface area contributed by atoms with E-state index in [2.05, 4.69) is 15.6 Å². The van der Waals surface area contributed by atoms with Crippen LogP contribution in [0.4, 0.5) is 13.2 Å². The summed E-state index contributed by atoms with van der Waals surface area (Å²) in [5, 5.41) is 9.85. The summed E-state index contributed by atoms with van der Waals surface area (Å²) in [5.74, 6) is 0.203. The van der Waals surface area contributed by atoms with Crippen LogP contribution in [0.15, 0.2) is 29.4 Å². The van der Waals surface area contributed by atoms with Gasteiger partial charge in [0.05, 0.1) is 16.8 Å². The quantitative estimate of drug-likeness (QED) is 0.529. The number of rotatable bonds is 8.